The van der Waals surface area contributed by atoms with Gasteiger partial charge in [0.2, 0.25) is 5.82 Å². The number of fused-ring (bicyclic) bond motifs is 1. The normalized spacial score (nSPS) is 14.4. The number of nitrogens with zero attached hydrogens (tertiary/aromatic N) is 5. The summed E-state index contributed by atoms with van der Waals surface area (Å²) < 4.78 is 5.83. The van der Waals surface area contributed by atoms with E-state index in [1.165, 1.54) is 12.0 Å². The molecule has 3 aromatic rings. The predicted molar refractivity (Wildman–Crippen MR) is 104 cm³/mol. The van der Waals surface area contributed by atoms with E-state index in [0.29, 0.717) is 5.82 Å². The van der Waals surface area contributed by atoms with E-state index in [0.717, 1.165) is 56.9 Å². The number of hydrogen-bond acceptors (Lipinski definition) is 5. The van der Waals surface area contributed by atoms with Crippen LogP contribution in [0.2, 0.25) is 0 Å². The lowest BCUT2D eigenvalue weighted by Gasteiger charge is -2.18. The zero-order chi connectivity index (χ0) is 18.3. The smallest absolute Gasteiger partial charge is 0.204 e. The Morgan fingerprint density at radius 1 is 0.889 bits per heavy atom. The average molecular weight is 363 g/mol. The topological polar surface area (TPSA) is 56.1 Å². The van der Waals surface area contributed by atoms with Gasteiger partial charge in [-0.25, -0.2) is 0 Å². The lowest BCUT2D eigenvalue weighted by Crippen LogP contribution is -2.26. The summed E-state index contributed by atoms with van der Waals surface area (Å²) in [4.78, 5) is 4.19. The van der Waals surface area contributed by atoms with Crippen molar-refractivity contribution >= 4 is 0 Å². The van der Waals surface area contributed by atoms with Gasteiger partial charge >= 0.3 is 0 Å². The van der Waals surface area contributed by atoms with E-state index >= 15 is 0 Å². The number of benzene rings is 2. The molecule has 0 amide bonds. The van der Waals surface area contributed by atoms with Crippen LogP contribution in [0.3, 0.4) is 0 Å². The van der Waals surface area contributed by atoms with Crippen LogP contribution >= 0.6 is 0 Å². The Kier molecular flexibility index (Phi) is 5.74. The molecule has 0 saturated carbocycles. The summed E-state index contributed by atoms with van der Waals surface area (Å²) in [6.07, 6.45) is 3.38. The minimum Gasteiger partial charge on any atom is -0.492 e. The van der Waals surface area contributed by atoms with E-state index in [4.69, 9.17) is 4.74 Å². The van der Waals surface area contributed by atoms with Crippen LogP contribution in [0.4, 0.5) is 0 Å². The van der Waals surface area contributed by atoms with Gasteiger partial charge in [-0.1, -0.05) is 55.0 Å². The van der Waals surface area contributed by atoms with E-state index in [1.54, 1.807) is 4.80 Å². The number of ether oxygens (including phenoxy) is 1. The summed E-state index contributed by atoms with van der Waals surface area (Å²) in [5.74, 6) is 1.73. The number of tetrazole rings is 1. The van der Waals surface area contributed by atoms with Gasteiger partial charge in [0, 0.05) is 24.2 Å². The molecule has 6 nitrogen and oxygen atoms in total. The molecule has 0 unspecified atom stereocenters. The van der Waals surface area contributed by atoms with Crippen molar-refractivity contribution in [1.82, 2.24) is 25.1 Å². The van der Waals surface area contributed by atoms with E-state index in [9.17, 15) is 0 Å². The zero-order valence-electron chi connectivity index (χ0n) is 15.5. The molecule has 0 saturated heterocycles. The van der Waals surface area contributed by atoms with Gasteiger partial charge in [-0.05, 0) is 30.7 Å². The van der Waals surface area contributed by atoms with Gasteiger partial charge in [-0.3, -0.25) is 4.90 Å². The molecule has 0 radical (unpaired) electrons. The molecular weight excluding hydrogens is 338 g/mol. The van der Waals surface area contributed by atoms with Crippen molar-refractivity contribution in [3.8, 4) is 17.1 Å². The average Bonchev–Trinajstić information content (AvgIpc) is 3.08. The maximum atomic E-state index is 5.83. The van der Waals surface area contributed by atoms with E-state index in [1.807, 2.05) is 36.4 Å². The molecule has 0 atom stereocenters. The van der Waals surface area contributed by atoms with Crippen molar-refractivity contribution in [2.24, 2.45) is 0 Å². The van der Waals surface area contributed by atoms with Crippen LogP contribution in [0.25, 0.3) is 11.4 Å². The summed E-state index contributed by atoms with van der Waals surface area (Å²) in [6.45, 7) is 4.63. The minimum atomic E-state index is 0.693. The fourth-order valence-corrected chi connectivity index (χ4v) is 3.38. The highest BCUT2D eigenvalue weighted by Gasteiger charge is 2.14. The molecule has 1 aromatic heterocycles. The summed E-state index contributed by atoms with van der Waals surface area (Å²) in [6, 6.07) is 18.3. The molecule has 0 bridgehead atoms. The molecule has 1 aliphatic heterocycles. The monoisotopic (exact) mass is 363 g/mol. The van der Waals surface area contributed by atoms with Gasteiger partial charge in [0.1, 0.15) is 12.4 Å². The summed E-state index contributed by atoms with van der Waals surface area (Å²) >= 11 is 0. The van der Waals surface area contributed by atoms with Crippen LogP contribution < -0.4 is 4.74 Å². The van der Waals surface area contributed by atoms with Crippen LogP contribution in [-0.4, -0.2) is 44.8 Å². The van der Waals surface area contributed by atoms with Gasteiger partial charge in [0.15, 0.2) is 0 Å². The fraction of sp³-hybridized carbons (Fsp3) is 0.381. The Morgan fingerprint density at radius 3 is 2.63 bits per heavy atom. The Bertz CT molecular complexity index is 849. The molecule has 0 N–H and O–H groups in total. The molecule has 2 aromatic carbocycles. The lowest BCUT2D eigenvalue weighted by molar-refractivity contribution is 0.222. The minimum absolute atomic E-state index is 0.693. The molecule has 2 heterocycles. The summed E-state index contributed by atoms with van der Waals surface area (Å²) in [7, 11) is 0. The van der Waals surface area contributed by atoms with E-state index < -0.39 is 0 Å². The van der Waals surface area contributed by atoms with Crippen molar-refractivity contribution in [3.05, 3.63) is 60.2 Å². The fourth-order valence-electron chi connectivity index (χ4n) is 3.38. The first-order chi connectivity index (χ1) is 13.4. The van der Waals surface area contributed by atoms with Gasteiger partial charge in [0.05, 0.1) is 6.54 Å². The van der Waals surface area contributed by atoms with Gasteiger partial charge in [-0.15, -0.1) is 10.2 Å². The Hall–Kier alpha value is -2.73. The quantitative estimate of drug-likeness (QED) is 0.602. The number of unbranched alkanes of at least 4 members (excludes halogenated alkanes) is 2. The highest BCUT2D eigenvalue weighted by molar-refractivity contribution is 5.52. The summed E-state index contributed by atoms with van der Waals surface area (Å²) in [5.41, 5.74) is 2.29. The molecule has 140 valence electrons. The molecule has 0 spiro atoms. The second-order valence-electron chi connectivity index (χ2n) is 6.87. The zero-order valence-corrected chi connectivity index (χ0v) is 15.5. The molecule has 0 aliphatic carbocycles. The Labute approximate surface area is 159 Å². The van der Waals surface area contributed by atoms with Crippen LogP contribution in [0.5, 0.6) is 5.75 Å². The van der Waals surface area contributed by atoms with Crippen LogP contribution in [0, 0.1) is 0 Å². The highest BCUT2D eigenvalue weighted by atomic mass is 16.5. The second kappa shape index (κ2) is 8.77. The molecule has 4 rings (SSSR count). The molecule has 0 fully saturated rings. The molecule has 1 aliphatic rings. The predicted octanol–water partition coefficient (Wildman–Crippen LogP) is 3.41. The standard InChI is InChI=1S/C21H25N5O/c1-3-9-18(10-4-1)21-22-24-26(23-21)14-8-2-7-13-25-15-16-27-20-12-6-5-11-19(20)17-25/h1,3-6,9-12H,2,7-8,13-17H2. The number of para-hydroxylation sites is 1. The van der Waals surface area contributed by atoms with Crippen molar-refractivity contribution < 1.29 is 4.74 Å². The first-order valence-electron chi connectivity index (χ1n) is 9.65. The molecule has 6 heteroatoms. The maximum Gasteiger partial charge on any atom is 0.204 e. The van der Waals surface area contributed by atoms with Crippen LogP contribution in [0.1, 0.15) is 24.8 Å². The SMILES string of the molecule is c1ccc(-c2nnn(CCCCCN3CCOc4ccccc4C3)n2)cc1. The van der Waals surface area contributed by atoms with Crippen LogP contribution in [-0.2, 0) is 13.1 Å². The summed E-state index contributed by atoms with van der Waals surface area (Å²) in [5, 5.41) is 12.8. The molecular formula is C21H25N5O. The third-order valence-electron chi connectivity index (χ3n) is 4.85. The Morgan fingerprint density at radius 2 is 1.70 bits per heavy atom. The number of hydrogen-bond donors (Lipinski definition) is 0. The van der Waals surface area contributed by atoms with Gasteiger partial charge < -0.3 is 4.74 Å². The number of rotatable bonds is 7. The first-order valence-corrected chi connectivity index (χ1v) is 9.65. The van der Waals surface area contributed by atoms with Crippen LogP contribution in [0.15, 0.2) is 54.6 Å². The van der Waals surface area contributed by atoms with Crippen molar-refractivity contribution in [1.29, 1.82) is 0 Å². The van der Waals surface area contributed by atoms with Gasteiger partial charge in [-0.2, -0.15) is 4.80 Å². The Balaban J connectivity index is 1.19. The van der Waals surface area contributed by atoms with Crippen molar-refractivity contribution in [2.75, 3.05) is 19.7 Å². The van der Waals surface area contributed by atoms with E-state index in [-0.39, 0.29) is 0 Å². The maximum absolute atomic E-state index is 5.83. The van der Waals surface area contributed by atoms with Crippen molar-refractivity contribution in [2.45, 2.75) is 32.4 Å². The second-order valence-corrected chi connectivity index (χ2v) is 6.87. The molecule has 27 heavy (non-hydrogen) atoms. The largest absolute Gasteiger partial charge is 0.492 e. The lowest BCUT2D eigenvalue weighted by atomic mass is 10.2. The number of aryl methyl sites for hydroxylation is 1. The van der Waals surface area contributed by atoms with Crippen molar-refractivity contribution in [3.63, 3.8) is 0 Å². The number of aromatic nitrogens is 4. The first kappa shape index (κ1) is 17.7. The van der Waals surface area contributed by atoms with E-state index in [2.05, 4.69) is 38.5 Å². The third kappa shape index (κ3) is 4.71. The van der Waals surface area contributed by atoms with Gasteiger partial charge in [0.25, 0.3) is 0 Å². The third-order valence-corrected chi connectivity index (χ3v) is 4.85. The highest BCUT2D eigenvalue weighted by Crippen LogP contribution is 2.22.